The van der Waals surface area contributed by atoms with Crippen molar-refractivity contribution in [3.05, 3.63) is 11.8 Å². The second-order valence-electron chi connectivity index (χ2n) is 2.50. The van der Waals surface area contributed by atoms with Crippen LogP contribution in [0.3, 0.4) is 0 Å². The summed E-state index contributed by atoms with van der Waals surface area (Å²) in [5.74, 6) is 1.53. The van der Waals surface area contributed by atoms with Crippen LogP contribution in [0.15, 0.2) is 6.07 Å². The Kier molecular flexibility index (Phi) is 2.85. The zero-order chi connectivity index (χ0) is 8.97. The molecule has 4 heteroatoms. The molecule has 0 fully saturated rings. The van der Waals surface area contributed by atoms with Crippen LogP contribution in [0.4, 0.5) is 11.8 Å². The third-order valence-corrected chi connectivity index (χ3v) is 1.44. The first kappa shape index (κ1) is 8.77. The zero-order valence-electron chi connectivity index (χ0n) is 7.68. The molecule has 0 aliphatic rings. The maximum absolute atomic E-state index is 4.21. The van der Waals surface area contributed by atoms with Crippen LogP contribution >= 0.6 is 0 Å². The molecular formula is C8H14N4. The van der Waals surface area contributed by atoms with E-state index in [0.717, 1.165) is 18.1 Å². The quantitative estimate of drug-likeness (QED) is 0.709. The lowest BCUT2D eigenvalue weighted by Crippen LogP contribution is -2.04. The summed E-state index contributed by atoms with van der Waals surface area (Å²) < 4.78 is 0. The second-order valence-corrected chi connectivity index (χ2v) is 2.50. The van der Waals surface area contributed by atoms with Crippen LogP contribution in [0.2, 0.25) is 0 Å². The first-order valence-corrected chi connectivity index (χ1v) is 4.03. The summed E-state index contributed by atoms with van der Waals surface area (Å²) in [6.45, 7) is 4.86. The maximum atomic E-state index is 4.21. The SMILES string of the molecule is CCNc1cc(C)nc(NC)n1. The molecule has 0 bridgehead atoms. The van der Waals surface area contributed by atoms with E-state index in [9.17, 15) is 0 Å². The Balaban J connectivity index is 2.90. The standard InChI is InChI=1S/C8H14N4/c1-4-10-7-5-6(2)11-8(9-3)12-7/h5H,4H2,1-3H3,(H2,9,10,11,12). The summed E-state index contributed by atoms with van der Waals surface area (Å²) in [4.78, 5) is 8.38. The van der Waals surface area contributed by atoms with Crippen molar-refractivity contribution in [2.75, 3.05) is 24.2 Å². The molecule has 12 heavy (non-hydrogen) atoms. The van der Waals surface area contributed by atoms with Gasteiger partial charge in [0.2, 0.25) is 5.95 Å². The van der Waals surface area contributed by atoms with Crippen molar-refractivity contribution in [1.82, 2.24) is 9.97 Å². The van der Waals surface area contributed by atoms with Gasteiger partial charge in [0.05, 0.1) is 0 Å². The number of nitrogens with one attached hydrogen (secondary N) is 2. The molecule has 1 aromatic rings. The summed E-state index contributed by atoms with van der Waals surface area (Å²) in [5, 5.41) is 6.04. The Morgan fingerprint density at radius 3 is 2.75 bits per heavy atom. The molecular weight excluding hydrogens is 152 g/mol. The highest BCUT2D eigenvalue weighted by molar-refractivity contribution is 5.41. The van der Waals surface area contributed by atoms with E-state index in [4.69, 9.17) is 0 Å². The second kappa shape index (κ2) is 3.90. The van der Waals surface area contributed by atoms with E-state index < -0.39 is 0 Å². The van der Waals surface area contributed by atoms with Crippen molar-refractivity contribution < 1.29 is 0 Å². The predicted molar refractivity (Wildman–Crippen MR) is 50.5 cm³/mol. The first-order valence-electron chi connectivity index (χ1n) is 4.03. The highest BCUT2D eigenvalue weighted by atomic mass is 15.1. The van der Waals surface area contributed by atoms with Gasteiger partial charge in [-0.3, -0.25) is 0 Å². The Hall–Kier alpha value is -1.32. The van der Waals surface area contributed by atoms with Crippen molar-refractivity contribution >= 4 is 11.8 Å². The summed E-state index contributed by atoms with van der Waals surface area (Å²) >= 11 is 0. The molecule has 1 aromatic heterocycles. The number of aromatic nitrogens is 2. The van der Waals surface area contributed by atoms with Gasteiger partial charge in [0, 0.05) is 25.4 Å². The van der Waals surface area contributed by atoms with Crippen LogP contribution in [-0.2, 0) is 0 Å². The summed E-state index contributed by atoms with van der Waals surface area (Å²) in [7, 11) is 1.81. The normalized spacial score (nSPS) is 9.58. The highest BCUT2D eigenvalue weighted by Gasteiger charge is 1.97. The van der Waals surface area contributed by atoms with Crippen LogP contribution in [0, 0.1) is 6.92 Å². The van der Waals surface area contributed by atoms with E-state index in [0.29, 0.717) is 5.95 Å². The van der Waals surface area contributed by atoms with E-state index >= 15 is 0 Å². The van der Waals surface area contributed by atoms with Crippen molar-refractivity contribution in [3.63, 3.8) is 0 Å². The Morgan fingerprint density at radius 2 is 2.17 bits per heavy atom. The van der Waals surface area contributed by atoms with Gasteiger partial charge >= 0.3 is 0 Å². The van der Waals surface area contributed by atoms with Gasteiger partial charge in [-0.25, -0.2) is 4.98 Å². The van der Waals surface area contributed by atoms with E-state index in [1.165, 1.54) is 0 Å². The summed E-state index contributed by atoms with van der Waals surface area (Å²) in [6.07, 6.45) is 0. The van der Waals surface area contributed by atoms with Gasteiger partial charge < -0.3 is 10.6 Å². The molecule has 1 heterocycles. The molecule has 0 atom stereocenters. The maximum Gasteiger partial charge on any atom is 0.224 e. The van der Waals surface area contributed by atoms with Gasteiger partial charge in [-0.1, -0.05) is 0 Å². The third-order valence-electron chi connectivity index (χ3n) is 1.44. The summed E-state index contributed by atoms with van der Waals surface area (Å²) in [5.41, 5.74) is 0.963. The topological polar surface area (TPSA) is 49.8 Å². The largest absolute Gasteiger partial charge is 0.370 e. The van der Waals surface area contributed by atoms with Crippen molar-refractivity contribution in [3.8, 4) is 0 Å². The molecule has 0 radical (unpaired) electrons. The molecule has 1 rings (SSSR count). The Bertz CT molecular complexity index is 259. The smallest absolute Gasteiger partial charge is 0.224 e. The van der Waals surface area contributed by atoms with Crippen LogP contribution < -0.4 is 10.6 Å². The zero-order valence-corrected chi connectivity index (χ0v) is 7.68. The Labute approximate surface area is 72.4 Å². The van der Waals surface area contributed by atoms with Gasteiger partial charge in [-0.05, 0) is 13.8 Å². The minimum absolute atomic E-state index is 0.658. The van der Waals surface area contributed by atoms with E-state index in [1.54, 1.807) is 0 Å². The lowest BCUT2D eigenvalue weighted by molar-refractivity contribution is 1.07. The number of hydrogen-bond acceptors (Lipinski definition) is 4. The minimum Gasteiger partial charge on any atom is -0.370 e. The van der Waals surface area contributed by atoms with Crippen LogP contribution in [-0.4, -0.2) is 23.6 Å². The van der Waals surface area contributed by atoms with E-state index in [-0.39, 0.29) is 0 Å². The molecule has 66 valence electrons. The summed E-state index contributed by atoms with van der Waals surface area (Å²) in [6, 6.07) is 1.92. The Morgan fingerprint density at radius 1 is 1.42 bits per heavy atom. The molecule has 0 aliphatic heterocycles. The fraction of sp³-hybridized carbons (Fsp3) is 0.500. The fourth-order valence-corrected chi connectivity index (χ4v) is 0.952. The van der Waals surface area contributed by atoms with Crippen LogP contribution in [0.1, 0.15) is 12.6 Å². The fourth-order valence-electron chi connectivity index (χ4n) is 0.952. The third kappa shape index (κ3) is 2.08. The predicted octanol–water partition coefficient (Wildman–Crippen LogP) is 1.26. The van der Waals surface area contributed by atoms with Gasteiger partial charge in [-0.2, -0.15) is 4.98 Å². The monoisotopic (exact) mass is 166 g/mol. The molecule has 0 spiro atoms. The molecule has 4 nitrogen and oxygen atoms in total. The number of rotatable bonds is 3. The molecule has 2 N–H and O–H groups in total. The highest BCUT2D eigenvalue weighted by Crippen LogP contribution is 2.07. The number of hydrogen-bond donors (Lipinski definition) is 2. The van der Waals surface area contributed by atoms with Crippen molar-refractivity contribution in [2.24, 2.45) is 0 Å². The van der Waals surface area contributed by atoms with Crippen molar-refractivity contribution in [2.45, 2.75) is 13.8 Å². The van der Waals surface area contributed by atoms with Crippen molar-refractivity contribution in [1.29, 1.82) is 0 Å². The van der Waals surface area contributed by atoms with Crippen LogP contribution in [0.25, 0.3) is 0 Å². The van der Waals surface area contributed by atoms with Crippen LogP contribution in [0.5, 0.6) is 0 Å². The van der Waals surface area contributed by atoms with Gasteiger partial charge in [0.25, 0.3) is 0 Å². The van der Waals surface area contributed by atoms with Gasteiger partial charge in [0.1, 0.15) is 5.82 Å². The van der Waals surface area contributed by atoms with E-state index in [2.05, 4.69) is 20.6 Å². The number of anilines is 2. The number of nitrogens with zero attached hydrogens (tertiary/aromatic N) is 2. The molecule has 0 amide bonds. The average Bonchev–Trinajstić information content (AvgIpc) is 2.04. The first-order chi connectivity index (χ1) is 5.76. The average molecular weight is 166 g/mol. The molecule has 0 unspecified atom stereocenters. The molecule has 0 saturated heterocycles. The number of aryl methyl sites for hydroxylation is 1. The minimum atomic E-state index is 0.658. The van der Waals surface area contributed by atoms with Gasteiger partial charge in [-0.15, -0.1) is 0 Å². The lowest BCUT2D eigenvalue weighted by Gasteiger charge is -2.05. The van der Waals surface area contributed by atoms with E-state index in [1.807, 2.05) is 27.0 Å². The molecule has 0 saturated carbocycles. The molecule has 0 aromatic carbocycles. The lowest BCUT2D eigenvalue weighted by atomic mass is 10.4. The van der Waals surface area contributed by atoms with Gasteiger partial charge in [0.15, 0.2) is 0 Å². The molecule has 0 aliphatic carbocycles.